The van der Waals surface area contributed by atoms with Crippen LogP contribution in [0.1, 0.15) is 71.1 Å². The van der Waals surface area contributed by atoms with Crippen molar-refractivity contribution in [1.82, 2.24) is 5.32 Å². The average Bonchev–Trinajstić information content (AvgIpc) is 2.41. The molecule has 0 aromatic carbocycles. The Morgan fingerprint density at radius 1 is 0.909 bits per heavy atom. The lowest BCUT2D eigenvalue weighted by Gasteiger charge is -2.03. The Morgan fingerprint density at radius 3 is 1.73 bits per heavy atom. The summed E-state index contributed by atoms with van der Waals surface area (Å²) in [4.78, 5) is 11.2. The van der Waals surface area contributed by atoms with Crippen LogP contribution in [0.25, 0.3) is 0 Å². The van der Waals surface area contributed by atoms with E-state index in [9.17, 15) is 4.79 Å². The summed E-state index contributed by atoms with van der Waals surface area (Å²) in [5.74, 6) is 0.0713. The van der Waals surface area contributed by atoms with Crippen molar-refractivity contribution in [3.05, 3.63) is 0 Å². The van der Waals surface area contributed by atoms with Gasteiger partial charge in [-0.1, -0.05) is 58.3 Å². The molecule has 0 unspecified atom stereocenters. The van der Waals surface area contributed by atoms with Gasteiger partial charge in [0, 0.05) is 13.0 Å². The molecule has 0 saturated carbocycles. The number of nitrogens with one attached hydrogen (secondary N) is 1. The van der Waals surface area contributed by atoms with Crippen molar-refractivity contribution in [2.75, 3.05) is 13.2 Å². The number of carbonyl (C=O) groups is 1. The molecule has 4 N–H and O–H groups in total. The molecule has 0 atom stereocenters. The third kappa shape index (κ3) is 31.6. The number of aliphatic hydroxyl groups excluding tert-OH is 1. The molecule has 0 aliphatic heterocycles. The molecule has 22 heavy (non-hydrogen) atoms. The highest BCUT2D eigenvalue weighted by molar-refractivity contribution is 7.79. The number of rotatable bonds is 12. The van der Waals surface area contributed by atoms with Gasteiger partial charge in [0.25, 0.3) is 0 Å². The van der Waals surface area contributed by atoms with Gasteiger partial charge in [-0.2, -0.15) is 8.42 Å². The number of unbranched alkanes of at least 4 members (excludes halogenated alkanes) is 8. The number of aliphatic hydroxyl groups is 1. The molecule has 0 radical (unpaired) electrons. The van der Waals surface area contributed by atoms with Gasteiger partial charge in [-0.3, -0.25) is 13.9 Å². The number of amides is 1. The molecule has 0 rings (SSSR count). The highest BCUT2D eigenvalue weighted by Crippen LogP contribution is 2.10. The summed E-state index contributed by atoms with van der Waals surface area (Å²) in [7, 11) is -4.67. The molecule has 0 aromatic rings. The molecule has 0 aliphatic carbocycles. The topological polar surface area (TPSA) is 124 Å². The summed E-state index contributed by atoms with van der Waals surface area (Å²) in [6.45, 7) is 2.65. The third-order valence-electron chi connectivity index (χ3n) is 2.94. The van der Waals surface area contributed by atoms with E-state index >= 15 is 0 Å². The summed E-state index contributed by atoms with van der Waals surface area (Å²) in [5, 5.41) is 11.2. The molecule has 0 saturated heterocycles. The summed E-state index contributed by atoms with van der Waals surface area (Å²) < 4.78 is 31.6. The van der Waals surface area contributed by atoms with Crippen LogP contribution in [-0.2, 0) is 15.2 Å². The Labute approximate surface area is 134 Å². The van der Waals surface area contributed by atoms with E-state index in [0.717, 1.165) is 12.8 Å². The second-order valence-electron chi connectivity index (χ2n) is 5.10. The standard InChI is InChI=1S/C14H29NO2.H2O4S/c1-2-3-4-5-6-7-8-9-10-11-14(17)15-12-13-16;1-5(2,3)4/h16H,2-13H2,1H3,(H,15,17);(H2,1,2,3,4). The summed E-state index contributed by atoms with van der Waals surface area (Å²) in [5.41, 5.74) is 0. The van der Waals surface area contributed by atoms with Crippen LogP contribution < -0.4 is 5.32 Å². The van der Waals surface area contributed by atoms with Crippen LogP contribution in [0.15, 0.2) is 0 Å². The average molecular weight is 341 g/mol. The highest BCUT2D eigenvalue weighted by Gasteiger charge is 1.99. The molecule has 134 valence electrons. The predicted octanol–water partition coefficient (Wildman–Crippen LogP) is 2.36. The third-order valence-corrected chi connectivity index (χ3v) is 2.94. The van der Waals surface area contributed by atoms with Crippen LogP contribution in [0.2, 0.25) is 0 Å². The smallest absolute Gasteiger partial charge is 0.394 e. The van der Waals surface area contributed by atoms with Crippen molar-refractivity contribution < 1.29 is 27.4 Å². The summed E-state index contributed by atoms with van der Waals surface area (Å²) in [6, 6.07) is 0. The van der Waals surface area contributed by atoms with E-state index in [1.807, 2.05) is 0 Å². The largest absolute Gasteiger partial charge is 0.395 e. The zero-order chi connectivity index (χ0) is 17.3. The van der Waals surface area contributed by atoms with Crippen molar-refractivity contribution in [1.29, 1.82) is 0 Å². The van der Waals surface area contributed by atoms with Crippen molar-refractivity contribution >= 4 is 16.3 Å². The monoisotopic (exact) mass is 341 g/mol. The minimum atomic E-state index is -4.67. The van der Waals surface area contributed by atoms with Gasteiger partial charge in [0.15, 0.2) is 0 Å². The zero-order valence-electron chi connectivity index (χ0n) is 13.5. The first-order valence-corrected chi connectivity index (χ1v) is 9.28. The van der Waals surface area contributed by atoms with E-state index in [0.29, 0.717) is 13.0 Å². The fourth-order valence-corrected chi connectivity index (χ4v) is 1.88. The maximum atomic E-state index is 11.2. The normalized spacial score (nSPS) is 10.7. The van der Waals surface area contributed by atoms with Crippen LogP contribution in [0.3, 0.4) is 0 Å². The Morgan fingerprint density at radius 2 is 1.32 bits per heavy atom. The zero-order valence-corrected chi connectivity index (χ0v) is 14.3. The molecule has 0 heterocycles. The maximum absolute atomic E-state index is 11.2. The quantitative estimate of drug-likeness (QED) is 0.319. The predicted molar refractivity (Wildman–Crippen MR) is 86.1 cm³/mol. The fraction of sp³-hybridized carbons (Fsp3) is 0.929. The van der Waals surface area contributed by atoms with Gasteiger partial charge < -0.3 is 10.4 Å². The first-order chi connectivity index (χ1) is 10.3. The number of carbonyl (C=O) groups excluding carboxylic acids is 1. The number of hydrogen-bond acceptors (Lipinski definition) is 4. The molecule has 0 bridgehead atoms. The summed E-state index contributed by atoms with van der Waals surface area (Å²) in [6.07, 6.45) is 12.1. The van der Waals surface area contributed by atoms with Gasteiger partial charge in [0.05, 0.1) is 6.61 Å². The van der Waals surface area contributed by atoms with E-state index in [1.54, 1.807) is 0 Å². The van der Waals surface area contributed by atoms with Crippen molar-refractivity contribution in [2.45, 2.75) is 71.1 Å². The minimum Gasteiger partial charge on any atom is -0.395 e. The molecule has 7 nitrogen and oxygen atoms in total. The first-order valence-electron chi connectivity index (χ1n) is 7.88. The van der Waals surface area contributed by atoms with Gasteiger partial charge in [0.1, 0.15) is 0 Å². The maximum Gasteiger partial charge on any atom is 0.394 e. The van der Waals surface area contributed by atoms with Gasteiger partial charge in [-0.25, -0.2) is 0 Å². The Hall–Kier alpha value is -0.700. The molecule has 0 fully saturated rings. The van der Waals surface area contributed by atoms with E-state index in [1.165, 1.54) is 44.9 Å². The van der Waals surface area contributed by atoms with Gasteiger partial charge in [-0.15, -0.1) is 0 Å². The lowest BCUT2D eigenvalue weighted by atomic mass is 10.1. The lowest BCUT2D eigenvalue weighted by molar-refractivity contribution is -0.121. The van der Waals surface area contributed by atoms with Gasteiger partial charge in [0.2, 0.25) is 5.91 Å². The summed E-state index contributed by atoms with van der Waals surface area (Å²) >= 11 is 0. The first kappa shape index (κ1) is 23.6. The molecule has 0 aromatic heterocycles. The van der Waals surface area contributed by atoms with Crippen LogP contribution >= 0.6 is 0 Å². The number of hydrogen-bond donors (Lipinski definition) is 4. The van der Waals surface area contributed by atoms with E-state index in [4.69, 9.17) is 22.6 Å². The molecular weight excluding hydrogens is 310 g/mol. The fourth-order valence-electron chi connectivity index (χ4n) is 1.88. The van der Waals surface area contributed by atoms with E-state index in [-0.39, 0.29) is 12.5 Å². The van der Waals surface area contributed by atoms with Gasteiger partial charge >= 0.3 is 10.4 Å². The molecule has 8 heteroatoms. The molecular formula is C14H31NO6S. The SMILES string of the molecule is CCCCCCCCCCCC(=O)NCCO.O=S(=O)(O)O. The van der Waals surface area contributed by atoms with E-state index in [2.05, 4.69) is 12.2 Å². The van der Waals surface area contributed by atoms with E-state index < -0.39 is 10.4 Å². The Bertz CT molecular complexity index is 337. The van der Waals surface area contributed by atoms with Crippen LogP contribution in [-0.4, -0.2) is 41.7 Å². The molecule has 1 amide bonds. The van der Waals surface area contributed by atoms with Crippen LogP contribution in [0.5, 0.6) is 0 Å². The van der Waals surface area contributed by atoms with Crippen molar-refractivity contribution in [2.24, 2.45) is 0 Å². The van der Waals surface area contributed by atoms with Crippen LogP contribution in [0, 0.1) is 0 Å². The van der Waals surface area contributed by atoms with Gasteiger partial charge in [-0.05, 0) is 6.42 Å². The van der Waals surface area contributed by atoms with Crippen molar-refractivity contribution in [3.63, 3.8) is 0 Å². The highest BCUT2D eigenvalue weighted by atomic mass is 32.3. The minimum absolute atomic E-state index is 0.0312. The second kappa shape index (κ2) is 16.7. The molecule has 0 spiro atoms. The lowest BCUT2D eigenvalue weighted by Crippen LogP contribution is -2.25. The molecule has 0 aliphatic rings. The second-order valence-corrected chi connectivity index (χ2v) is 6.00. The Balaban J connectivity index is 0. The van der Waals surface area contributed by atoms with Crippen LogP contribution in [0.4, 0.5) is 0 Å². The van der Waals surface area contributed by atoms with Crippen molar-refractivity contribution in [3.8, 4) is 0 Å². The Kier molecular flexibility index (Phi) is 17.9.